The lowest BCUT2D eigenvalue weighted by molar-refractivity contribution is 0.0933. The number of hydrogen-bond donors (Lipinski definition) is 2. The van der Waals surface area contributed by atoms with E-state index in [1.165, 1.54) is 31.2 Å². The Morgan fingerprint density at radius 2 is 1.53 bits per heavy atom. The van der Waals surface area contributed by atoms with E-state index in [4.69, 9.17) is 0 Å². The van der Waals surface area contributed by atoms with E-state index in [9.17, 15) is 4.79 Å². The second kappa shape index (κ2) is 9.53. The molecule has 0 bridgehead atoms. The van der Waals surface area contributed by atoms with Crippen LogP contribution in [0.2, 0.25) is 0 Å². The molecule has 0 aliphatic heterocycles. The molecule has 1 saturated carbocycles. The molecule has 3 aromatic rings. The Morgan fingerprint density at radius 3 is 2.17 bits per heavy atom. The number of anilines is 2. The Balaban J connectivity index is 1.36. The highest BCUT2D eigenvalue weighted by Crippen LogP contribution is 2.21. The molecule has 1 fully saturated rings. The number of benzene rings is 2. The molecule has 30 heavy (non-hydrogen) atoms. The Morgan fingerprint density at radius 1 is 0.833 bits per heavy atom. The molecule has 0 radical (unpaired) electrons. The lowest BCUT2D eigenvalue weighted by Gasteiger charge is -2.16. The zero-order chi connectivity index (χ0) is 20.8. The average molecular weight is 401 g/mol. The molecule has 0 unspecified atom stereocenters. The summed E-state index contributed by atoms with van der Waals surface area (Å²) in [5, 5.41) is 15.0. The van der Waals surface area contributed by atoms with E-state index in [1.54, 1.807) is 0 Å². The number of carbonyl (C=O) groups excluding carboxylic acids is 1. The van der Waals surface area contributed by atoms with Crippen molar-refractivity contribution in [3.05, 3.63) is 71.8 Å². The summed E-state index contributed by atoms with van der Waals surface area (Å²) in [7, 11) is 0. The molecule has 4 rings (SSSR count). The Bertz CT molecular complexity index is 958. The standard InChI is InChI=1S/C25H28N4O/c1-18-8-10-19(11-9-18)23-16-17-24(29-28-23)26-22-14-12-20(13-15-22)25(30)27-21-6-4-2-3-5-7-21/h8-17,21H,2-7H2,1H3,(H,26,29)(H,27,30). The molecule has 0 atom stereocenters. The fraction of sp³-hybridized carbons (Fsp3) is 0.320. The van der Waals surface area contributed by atoms with Crippen LogP contribution < -0.4 is 10.6 Å². The van der Waals surface area contributed by atoms with Gasteiger partial charge in [-0.15, -0.1) is 10.2 Å². The van der Waals surface area contributed by atoms with Gasteiger partial charge in [0, 0.05) is 22.9 Å². The molecular weight excluding hydrogens is 372 g/mol. The summed E-state index contributed by atoms with van der Waals surface area (Å²) in [5.41, 5.74) is 4.66. The number of nitrogens with one attached hydrogen (secondary N) is 2. The first kappa shape index (κ1) is 20.1. The fourth-order valence-corrected chi connectivity index (χ4v) is 3.82. The van der Waals surface area contributed by atoms with Crippen molar-refractivity contribution in [1.29, 1.82) is 0 Å². The maximum absolute atomic E-state index is 12.5. The van der Waals surface area contributed by atoms with Gasteiger partial charge in [-0.1, -0.05) is 55.5 Å². The SMILES string of the molecule is Cc1ccc(-c2ccc(Nc3ccc(C(=O)NC4CCCCCC4)cc3)nn2)cc1. The lowest BCUT2D eigenvalue weighted by atomic mass is 10.1. The molecule has 5 heteroatoms. The average Bonchev–Trinajstić information content (AvgIpc) is 3.04. The largest absolute Gasteiger partial charge is 0.349 e. The third-order valence-corrected chi connectivity index (χ3v) is 5.62. The second-order valence-electron chi connectivity index (χ2n) is 8.03. The van der Waals surface area contributed by atoms with Crippen molar-refractivity contribution >= 4 is 17.4 Å². The van der Waals surface area contributed by atoms with Gasteiger partial charge in [0.2, 0.25) is 0 Å². The molecule has 1 aromatic heterocycles. The predicted molar refractivity (Wildman–Crippen MR) is 121 cm³/mol. The molecule has 1 amide bonds. The van der Waals surface area contributed by atoms with E-state index in [2.05, 4.69) is 39.9 Å². The molecule has 1 heterocycles. The van der Waals surface area contributed by atoms with E-state index >= 15 is 0 Å². The van der Waals surface area contributed by atoms with Gasteiger partial charge in [-0.05, 0) is 56.2 Å². The molecule has 0 saturated heterocycles. The molecular formula is C25H28N4O. The van der Waals surface area contributed by atoms with Crippen molar-refractivity contribution in [2.24, 2.45) is 0 Å². The van der Waals surface area contributed by atoms with Gasteiger partial charge in [0.25, 0.3) is 5.91 Å². The second-order valence-corrected chi connectivity index (χ2v) is 8.03. The van der Waals surface area contributed by atoms with Crippen LogP contribution in [-0.4, -0.2) is 22.1 Å². The minimum atomic E-state index is 0.00990. The third-order valence-electron chi connectivity index (χ3n) is 5.62. The number of hydrogen-bond acceptors (Lipinski definition) is 4. The van der Waals surface area contributed by atoms with Crippen LogP contribution in [0.25, 0.3) is 11.3 Å². The van der Waals surface area contributed by atoms with Crippen LogP contribution in [0, 0.1) is 6.92 Å². The van der Waals surface area contributed by atoms with Crippen molar-refractivity contribution in [1.82, 2.24) is 15.5 Å². The first-order valence-electron chi connectivity index (χ1n) is 10.8. The van der Waals surface area contributed by atoms with Gasteiger partial charge in [-0.25, -0.2) is 0 Å². The van der Waals surface area contributed by atoms with Gasteiger partial charge < -0.3 is 10.6 Å². The number of aromatic nitrogens is 2. The molecule has 2 aromatic carbocycles. The smallest absolute Gasteiger partial charge is 0.251 e. The van der Waals surface area contributed by atoms with E-state index in [0.29, 0.717) is 17.4 Å². The highest BCUT2D eigenvalue weighted by molar-refractivity contribution is 5.94. The van der Waals surface area contributed by atoms with E-state index in [0.717, 1.165) is 29.8 Å². The highest BCUT2D eigenvalue weighted by atomic mass is 16.1. The first-order valence-corrected chi connectivity index (χ1v) is 10.8. The van der Waals surface area contributed by atoms with Crippen molar-refractivity contribution in [2.45, 2.75) is 51.5 Å². The summed E-state index contributed by atoms with van der Waals surface area (Å²) in [4.78, 5) is 12.5. The molecule has 1 aliphatic rings. The summed E-state index contributed by atoms with van der Waals surface area (Å²) < 4.78 is 0. The van der Waals surface area contributed by atoms with Gasteiger partial charge in [0.1, 0.15) is 0 Å². The van der Waals surface area contributed by atoms with Crippen LogP contribution >= 0.6 is 0 Å². The van der Waals surface area contributed by atoms with Crippen LogP contribution in [0.15, 0.2) is 60.7 Å². The van der Waals surface area contributed by atoms with Crippen LogP contribution in [0.5, 0.6) is 0 Å². The van der Waals surface area contributed by atoms with Gasteiger partial charge in [0.15, 0.2) is 5.82 Å². The van der Waals surface area contributed by atoms with E-state index < -0.39 is 0 Å². The number of carbonyl (C=O) groups is 1. The molecule has 1 aliphatic carbocycles. The van der Waals surface area contributed by atoms with Crippen molar-refractivity contribution in [2.75, 3.05) is 5.32 Å². The molecule has 2 N–H and O–H groups in total. The van der Waals surface area contributed by atoms with Gasteiger partial charge in [0.05, 0.1) is 5.69 Å². The summed E-state index contributed by atoms with van der Waals surface area (Å²) in [6, 6.07) is 19.9. The summed E-state index contributed by atoms with van der Waals surface area (Å²) in [6.45, 7) is 2.06. The zero-order valence-corrected chi connectivity index (χ0v) is 17.4. The molecule has 0 spiro atoms. The fourth-order valence-electron chi connectivity index (χ4n) is 3.82. The third kappa shape index (κ3) is 5.23. The van der Waals surface area contributed by atoms with E-state index in [1.807, 2.05) is 48.5 Å². The van der Waals surface area contributed by atoms with Crippen molar-refractivity contribution in [3.8, 4) is 11.3 Å². The maximum atomic E-state index is 12.5. The summed E-state index contributed by atoms with van der Waals surface area (Å²) >= 11 is 0. The Labute approximate surface area is 177 Å². The van der Waals surface area contributed by atoms with Crippen LogP contribution in [0.4, 0.5) is 11.5 Å². The van der Waals surface area contributed by atoms with Gasteiger partial charge in [-0.2, -0.15) is 0 Å². The summed E-state index contributed by atoms with van der Waals surface area (Å²) in [5.74, 6) is 0.678. The molecule has 154 valence electrons. The number of rotatable bonds is 5. The summed E-state index contributed by atoms with van der Waals surface area (Å²) in [6.07, 6.45) is 7.14. The highest BCUT2D eigenvalue weighted by Gasteiger charge is 2.15. The van der Waals surface area contributed by atoms with Crippen LogP contribution in [0.3, 0.4) is 0 Å². The predicted octanol–water partition coefficient (Wildman–Crippen LogP) is 5.65. The van der Waals surface area contributed by atoms with Gasteiger partial charge in [-0.3, -0.25) is 4.79 Å². The number of nitrogens with zero attached hydrogens (tertiary/aromatic N) is 2. The van der Waals surface area contributed by atoms with Crippen LogP contribution in [0.1, 0.15) is 54.4 Å². The Kier molecular flexibility index (Phi) is 6.38. The normalized spacial score (nSPS) is 14.7. The van der Waals surface area contributed by atoms with Crippen molar-refractivity contribution in [3.63, 3.8) is 0 Å². The molecule has 5 nitrogen and oxygen atoms in total. The Hall–Kier alpha value is -3.21. The number of aryl methyl sites for hydroxylation is 1. The van der Waals surface area contributed by atoms with Gasteiger partial charge >= 0.3 is 0 Å². The quantitative estimate of drug-likeness (QED) is 0.543. The maximum Gasteiger partial charge on any atom is 0.251 e. The minimum Gasteiger partial charge on any atom is -0.349 e. The minimum absolute atomic E-state index is 0.00990. The first-order chi connectivity index (χ1) is 14.7. The number of amides is 1. The van der Waals surface area contributed by atoms with Crippen LogP contribution in [-0.2, 0) is 0 Å². The zero-order valence-electron chi connectivity index (χ0n) is 17.4. The monoisotopic (exact) mass is 400 g/mol. The van der Waals surface area contributed by atoms with Crippen molar-refractivity contribution < 1.29 is 4.79 Å². The lowest BCUT2D eigenvalue weighted by Crippen LogP contribution is -2.34. The topological polar surface area (TPSA) is 66.9 Å². The van der Waals surface area contributed by atoms with E-state index in [-0.39, 0.29) is 5.91 Å².